The fraction of sp³-hybridized carbons (Fsp3) is 0.259. The Labute approximate surface area is 232 Å². The minimum absolute atomic E-state index is 0.152. The van der Waals surface area contributed by atoms with E-state index in [2.05, 4.69) is 10.5 Å². The second kappa shape index (κ2) is 12.9. The van der Waals surface area contributed by atoms with Gasteiger partial charge in [-0.15, -0.1) is 0 Å². The maximum atomic E-state index is 13.7. The van der Waals surface area contributed by atoms with Gasteiger partial charge in [-0.3, -0.25) is 19.2 Å². The van der Waals surface area contributed by atoms with Crippen molar-refractivity contribution in [3.05, 3.63) is 81.9 Å². The van der Waals surface area contributed by atoms with Crippen LogP contribution in [-0.2, 0) is 14.8 Å². The van der Waals surface area contributed by atoms with Crippen molar-refractivity contribution in [1.82, 2.24) is 5.43 Å². The topological polar surface area (TPSA) is 150 Å². The molecule has 1 amide bonds. The summed E-state index contributed by atoms with van der Waals surface area (Å²) in [5, 5.41) is 15.7. The van der Waals surface area contributed by atoms with Crippen LogP contribution in [-0.4, -0.2) is 52.8 Å². The molecule has 0 radical (unpaired) electrons. The number of rotatable bonds is 12. The number of nitro benzene ring substituents is 1. The first kappa shape index (κ1) is 29.9. The van der Waals surface area contributed by atoms with Crippen LogP contribution in [0.4, 0.5) is 11.4 Å². The normalized spacial score (nSPS) is 11.5. The van der Waals surface area contributed by atoms with Crippen molar-refractivity contribution in [3.63, 3.8) is 0 Å². The van der Waals surface area contributed by atoms with Gasteiger partial charge < -0.3 is 14.2 Å². The zero-order valence-corrected chi connectivity index (χ0v) is 23.5. The molecular weight excluding hydrogens is 540 g/mol. The van der Waals surface area contributed by atoms with Crippen LogP contribution >= 0.6 is 0 Å². The lowest BCUT2D eigenvalue weighted by Gasteiger charge is -2.24. The summed E-state index contributed by atoms with van der Waals surface area (Å²) in [5.41, 5.74) is 3.71. The number of nitrogens with zero attached hydrogens (tertiary/aromatic N) is 3. The molecule has 3 rings (SSSR count). The molecule has 0 spiro atoms. The average Bonchev–Trinajstić information content (AvgIpc) is 2.96. The molecule has 13 heteroatoms. The number of hydrogen-bond acceptors (Lipinski definition) is 9. The lowest BCUT2D eigenvalue weighted by atomic mass is 10.1. The van der Waals surface area contributed by atoms with E-state index in [4.69, 9.17) is 14.2 Å². The Kier molecular flexibility index (Phi) is 9.67. The molecule has 3 aromatic rings. The van der Waals surface area contributed by atoms with Crippen molar-refractivity contribution in [2.75, 3.05) is 32.2 Å². The van der Waals surface area contributed by atoms with E-state index in [-0.39, 0.29) is 16.3 Å². The number of hydrogen-bond donors (Lipinski definition) is 1. The number of benzene rings is 3. The summed E-state index contributed by atoms with van der Waals surface area (Å²) in [6.07, 6.45) is 0.448. The lowest BCUT2D eigenvalue weighted by Crippen LogP contribution is -2.39. The Morgan fingerprint density at radius 3 is 2.23 bits per heavy atom. The summed E-state index contributed by atoms with van der Waals surface area (Å²) in [7, 11) is 0.0771. The zero-order valence-electron chi connectivity index (χ0n) is 22.7. The molecule has 0 fully saturated rings. The Bertz CT molecular complexity index is 1520. The first-order valence-corrected chi connectivity index (χ1v) is 13.5. The molecule has 0 aliphatic rings. The summed E-state index contributed by atoms with van der Waals surface area (Å²) in [6.45, 7) is 2.70. The highest BCUT2D eigenvalue weighted by atomic mass is 32.2. The molecule has 0 atom stereocenters. The third kappa shape index (κ3) is 6.67. The molecule has 0 heterocycles. The summed E-state index contributed by atoms with van der Waals surface area (Å²) in [5.74, 6) is 0.759. The van der Waals surface area contributed by atoms with Gasteiger partial charge in [0.1, 0.15) is 12.3 Å². The van der Waals surface area contributed by atoms with Crippen LogP contribution in [0.2, 0.25) is 0 Å². The van der Waals surface area contributed by atoms with Gasteiger partial charge in [-0.25, -0.2) is 13.8 Å². The van der Waals surface area contributed by atoms with E-state index in [9.17, 15) is 23.3 Å². The highest BCUT2D eigenvalue weighted by Gasteiger charge is 2.29. The van der Waals surface area contributed by atoms with E-state index in [1.165, 1.54) is 64.7 Å². The molecule has 40 heavy (non-hydrogen) atoms. The van der Waals surface area contributed by atoms with Gasteiger partial charge >= 0.3 is 0 Å². The predicted octanol–water partition coefficient (Wildman–Crippen LogP) is 4.05. The SMILES string of the molecule is CC/C(=N/NC(=O)CN(c1ccc(OC)cc1)S(=O)(=O)c1ccc(C)c([N+](=O)[O-])c1)c1ccc(OC)c(OC)c1. The van der Waals surface area contributed by atoms with Crippen molar-refractivity contribution in [2.45, 2.75) is 25.2 Å². The molecule has 1 N–H and O–H groups in total. The maximum Gasteiger partial charge on any atom is 0.273 e. The number of nitrogens with one attached hydrogen (secondary N) is 1. The van der Waals surface area contributed by atoms with Gasteiger partial charge in [0, 0.05) is 17.2 Å². The fourth-order valence-corrected chi connectivity index (χ4v) is 5.24. The van der Waals surface area contributed by atoms with Crippen molar-refractivity contribution in [1.29, 1.82) is 0 Å². The number of amides is 1. The highest BCUT2D eigenvalue weighted by molar-refractivity contribution is 7.92. The number of aryl methyl sites for hydroxylation is 1. The van der Waals surface area contributed by atoms with Gasteiger partial charge in [0.2, 0.25) is 0 Å². The van der Waals surface area contributed by atoms with Crippen LogP contribution in [0.3, 0.4) is 0 Å². The molecule has 3 aromatic carbocycles. The Morgan fingerprint density at radius 1 is 0.975 bits per heavy atom. The molecule has 0 saturated heterocycles. The van der Waals surface area contributed by atoms with Crippen LogP contribution in [0.25, 0.3) is 0 Å². The third-order valence-corrected chi connectivity index (χ3v) is 7.75. The van der Waals surface area contributed by atoms with Crippen LogP contribution in [0.1, 0.15) is 24.5 Å². The number of anilines is 1. The Hall–Kier alpha value is -4.65. The molecule has 0 aromatic heterocycles. The van der Waals surface area contributed by atoms with Gasteiger partial charge in [0.15, 0.2) is 11.5 Å². The average molecular weight is 571 g/mol. The first-order valence-electron chi connectivity index (χ1n) is 12.0. The lowest BCUT2D eigenvalue weighted by molar-refractivity contribution is -0.385. The molecule has 0 aliphatic heterocycles. The van der Waals surface area contributed by atoms with E-state index in [1.807, 2.05) is 6.92 Å². The molecule has 0 unspecified atom stereocenters. The molecular formula is C27H30N4O8S. The zero-order chi connectivity index (χ0) is 29.4. The number of hydrazone groups is 1. The number of methoxy groups -OCH3 is 3. The minimum atomic E-state index is -4.41. The van der Waals surface area contributed by atoms with Gasteiger partial charge in [-0.1, -0.05) is 13.0 Å². The summed E-state index contributed by atoms with van der Waals surface area (Å²) >= 11 is 0. The number of ether oxygens (including phenoxy) is 3. The van der Waals surface area contributed by atoms with Crippen LogP contribution in [0, 0.1) is 17.0 Å². The Balaban J connectivity index is 1.96. The number of nitro groups is 1. The van der Waals surface area contributed by atoms with Gasteiger partial charge in [0.05, 0.1) is 42.5 Å². The number of carbonyl (C=O) groups is 1. The monoisotopic (exact) mass is 570 g/mol. The van der Waals surface area contributed by atoms with Gasteiger partial charge in [-0.05, 0) is 61.9 Å². The predicted molar refractivity (Wildman–Crippen MR) is 150 cm³/mol. The van der Waals surface area contributed by atoms with Crippen molar-refractivity contribution >= 4 is 33.0 Å². The van der Waals surface area contributed by atoms with E-state index >= 15 is 0 Å². The standard InChI is InChI=1S/C27H30N4O8S/c1-6-23(19-8-14-25(38-4)26(15-19)39-5)28-29-27(32)17-30(20-9-11-21(37-3)12-10-20)40(35,36)22-13-7-18(2)24(16-22)31(33)34/h7-16H,6,17H2,1-5H3,(H,29,32)/b28-23-. The summed E-state index contributed by atoms with van der Waals surface area (Å²) in [6, 6.07) is 14.8. The summed E-state index contributed by atoms with van der Waals surface area (Å²) in [4.78, 5) is 23.5. The van der Waals surface area contributed by atoms with Crippen molar-refractivity contribution in [3.8, 4) is 17.2 Å². The van der Waals surface area contributed by atoms with Gasteiger partial charge in [0.25, 0.3) is 21.6 Å². The largest absolute Gasteiger partial charge is 0.497 e. The highest BCUT2D eigenvalue weighted by Crippen LogP contribution is 2.30. The molecule has 0 saturated carbocycles. The quantitative estimate of drug-likeness (QED) is 0.195. The van der Waals surface area contributed by atoms with E-state index in [1.54, 1.807) is 18.2 Å². The fourth-order valence-electron chi connectivity index (χ4n) is 3.80. The van der Waals surface area contributed by atoms with Crippen molar-refractivity contribution in [2.24, 2.45) is 5.10 Å². The maximum absolute atomic E-state index is 13.7. The summed E-state index contributed by atoms with van der Waals surface area (Å²) < 4.78 is 44.0. The minimum Gasteiger partial charge on any atom is -0.497 e. The second-order valence-electron chi connectivity index (χ2n) is 8.43. The first-order chi connectivity index (χ1) is 19.0. The molecule has 12 nitrogen and oxygen atoms in total. The second-order valence-corrected chi connectivity index (χ2v) is 10.3. The van der Waals surface area contributed by atoms with E-state index in [0.29, 0.717) is 40.5 Å². The molecule has 0 bridgehead atoms. The number of sulfonamides is 1. The van der Waals surface area contributed by atoms with Gasteiger partial charge in [-0.2, -0.15) is 5.10 Å². The van der Waals surface area contributed by atoms with Crippen LogP contribution in [0.15, 0.2) is 70.7 Å². The van der Waals surface area contributed by atoms with Crippen molar-refractivity contribution < 1.29 is 32.3 Å². The van der Waals surface area contributed by atoms with Crippen LogP contribution < -0.4 is 23.9 Å². The Morgan fingerprint density at radius 2 is 1.65 bits per heavy atom. The van der Waals surface area contributed by atoms with Crippen LogP contribution in [0.5, 0.6) is 17.2 Å². The smallest absolute Gasteiger partial charge is 0.273 e. The molecule has 212 valence electrons. The third-order valence-electron chi connectivity index (χ3n) is 5.98. The molecule has 0 aliphatic carbocycles. The van der Waals surface area contributed by atoms with E-state index < -0.39 is 27.4 Å². The number of carbonyl (C=O) groups excluding carboxylic acids is 1. The van der Waals surface area contributed by atoms with E-state index in [0.717, 1.165) is 10.4 Å².